The first-order valence-electron chi connectivity index (χ1n) is 13.3. The number of nitrogens with one attached hydrogen (secondary N) is 1. The van der Waals surface area contributed by atoms with Crippen LogP contribution in [-0.2, 0) is 14.4 Å². The van der Waals surface area contributed by atoms with Gasteiger partial charge in [-0.1, -0.05) is 12.1 Å². The molecule has 0 unspecified atom stereocenters. The van der Waals surface area contributed by atoms with Crippen LogP contribution in [0.15, 0.2) is 52.9 Å². The molecule has 1 amide bonds. The number of methoxy groups -OCH3 is 1. The van der Waals surface area contributed by atoms with Crippen molar-refractivity contribution in [1.29, 1.82) is 0 Å². The fraction of sp³-hybridized carbons (Fsp3) is 0.387. The van der Waals surface area contributed by atoms with Crippen LogP contribution in [0.1, 0.15) is 61.1 Å². The van der Waals surface area contributed by atoms with E-state index in [0.717, 1.165) is 74.2 Å². The summed E-state index contributed by atoms with van der Waals surface area (Å²) < 4.78 is 12.4. The van der Waals surface area contributed by atoms with Gasteiger partial charge < -0.3 is 19.7 Å². The third-order valence-electron chi connectivity index (χ3n) is 7.84. The van der Waals surface area contributed by atoms with Gasteiger partial charge in [-0.05, 0) is 97.0 Å². The molecule has 2 aromatic carbocycles. The Morgan fingerprint density at radius 3 is 2.26 bits per heavy atom. The van der Waals surface area contributed by atoms with Gasteiger partial charge in [-0.25, -0.2) is 0 Å². The minimum Gasteiger partial charge on any atom is -0.493 e. The molecule has 0 spiro atoms. The zero-order valence-corrected chi connectivity index (χ0v) is 24.9. The van der Waals surface area contributed by atoms with Gasteiger partial charge in [0, 0.05) is 54.0 Å². The average molecular weight is 641 g/mol. The number of allylic oxidation sites excluding steroid dienone is 4. The third kappa shape index (κ3) is 5.23. The fourth-order valence-corrected chi connectivity index (χ4v) is 6.71. The molecule has 1 aliphatic heterocycles. The van der Waals surface area contributed by atoms with Crippen molar-refractivity contribution >= 4 is 45.8 Å². The van der Waals surface area contributed by atoms with E-state index in [4.69, 9.17) is 9.47 Å². The lowest BCUT2D eigenvalue weighted by atomic mass is 9.71. The van der Waals surface area contributed by atoms with E-state index >= 15 is 0 Å². The number of ketones is 2. The summed E-state index contributed by atoms with van der Waals surface area (Å²) in [4.78, 5) is 41.4. The predicted molar refractivity (Wildman–Crippen MR) is 158 cm³/mol. The highest BCUT2D eigenvalue weighted by Gasteiger charge is 2.42. The largest absolute Gasteiger partial charge is 0.493 e. The van der Waals surface area contributed by atoms with E-state index in [1.807, 2.05) is 51.2 Å². The van der Waals surface area contributed by atoms with Crippen molar-refractivity contribution in [3.63, 3.8) is 0 Å². The van der Waals surface area contributed by atoms with Gasteiger partial charge in [0.25, 0.3) is 5.91 Å². The number of carbonyl (C=O) groups excluding carboxylic acids is 3. The van der Waals surface area contributed by atoms with Crippen molar-refractivity contribution in [2.24, 2.45) is 0 Å². The highest BCUT2D eigenvalue weighted by molar-refractivity contribution is 14.1. The Labute approximate surface area is 242 Å². The molecule has 2 aliphatic carbocycles. The van der Waals surface area contributed by atoms with Crippen LogP contribution in [0.25, 0.3) is 0 Å². The smallest absolute Gasteiger partial charge is 0.262 e. The number of aryl methyl sites for hydroxylation is 2. The van der Waals surface area contributed by atoms with E-state index in [0.29, 0.717) is 24.3 Å². The summed E-state index contributed by atoms with van der Waals surface area (Å²) in [7, 11) is 3.54. The number of Topliss-reactive ketones (excluding diaryl/α,β-unsaturated/α-hetero) is 2. The van der Waals surface area contributed by atoms with Crippen molar-refractivity contribution in [2.75, 3.05) is 26.1 Å². The zero-order chi connectivity index (χ0) is 27.8. The van der Waals surface area contributed by atoms with Gasteiger partial charge in [-0.15, -0.1) is 0 Å². The minimum atomic E-state index is -0.420. The topological polar surface area (TPSA) is 84.9 Å². The van der Waals surface area contributed by atoms with E-state index in [1.54, 1.807) is 7.11 Å². The molecule has 0 saturated heterocycles. The Morgan fingerprint density at radius 2 is 1.64 bits per heavy atom. The first kappa shape index (κ1) is 27.4. The van der Waals surface area contributed by atoms with E-state index in [2.05, 4.69) is 32.8 Å². The zero-order valence-electron chi connectivity index (χ0n) is 22.8. The normalized spacial score (nSPS) is 17.7. The lowest BCUT2D eigenvalue weighted by Gasteiger charge is -2.42. The van der Waals surface area contributed by atoms with Crippen LogP contribution in [0.2, 0.25) is 0 Å². The maximum atomic E-state index is 13.3. The van der Waals surface area contributed by atoms with E-state index < -0.39 is 5.92 Å². The second-order valence-corrected chi connectivity index (χ2v) is 11.6. The van der Waals surface area contributed by atoms with Crippen LogP contribution in [-0.4, -0.2) is 43.1 Å². The number of carbonyl (C=O) groups is 3. The van der Waals surface area contributed by atoms with E-state index in [1.165, 1.54) is 0 Å². The lowest BCUT2D eigenvalue weighted by molar-refractivity contribution is -0.118. The Kier molecular flexibility index (Phi) is 7.84. The summed E-state index contributed by atoms with van der Waals surface area (Å²) in [5, 5.41) is 2.92. The maximum Gasteiger partial charge on any atom is 0.262 e. The number of ether oxygens (including phenoxy) is 2. The number of halogens is 1. The SMILES string of the molecule is COc1cc(C2C3=C(CCCC3=O)N(C)C3=C2C(=O)CCC3)cc(I)c1OCC(=O)Nc1cc(C)ccc1C. The van der Waals surface area contributed by atoms with E-state index in [9.17, 15) is 14.4 Å². The molecule has 5 rings (SSSR count). The number of hydrogen-bond acceptors (Lipinski definition) is 6. The molecule has 3 aliphatic rings. The molecule has 0 aromatic heterocycles. The summed E-state index contributed by atoms with van der Waals surface area (Å²) >= 11 is 2.17. The fourth-order valence-electron chi connectivity index (χ4n) is 5.93. The second-order valence-electron chi connectivity index (χ2n) is 10.5. The standard InChI is InChI=1S/C31H33IN2O5/c1-17-11-12-18(2)21(13-17)33-27(37)16-39-31-20(32)14-19(15-26(31)38-4)28-29-22(7-5-9-24(29)35)34(3)23-8-6-10-25(36)30(23)28/h11-15,28H,5-10,16H2,1-4H3,(H,33,37). The maximum absolute atomic E-state index is 13.3. The molecular formula is C31H33IN2O5. The number of anilines is 1. The lowest BCUT2D eigenvalue weighted by Crippen LogP contribution is -2.37. The summed E-state index contributed by atoms with van der Waals surface area (Å²) in [6.07, 6.45) is 4.27. The van der Waals surface area contributed by atoms with Crippen LogP contribution < -0.4 is 14.8 Å². The summed E-state index contributed by atoms with van der Waals surface area (Å²) in [5.41, 5.74) is 7.15. The minimum absolute atomic E-state index is 0.107. The number of nitrogens with zero attached hydrogens (tertiary/aromatic N) is 1. The average Bonchev–Trinajstić information content (AvgIpc) is 2.91. The van der Waals surface area contributed by atoms with Gasteiger partial charge in [0.15, 0.2) is 29.7 Å². The number of hydrogen-bond donors (Lipinski definition) is 1. The first-order chi connectivity index (χ1) is 18.7. The van der Waals surface area contributed by atoms with Crippen molar-refractivity contribution < 1.29 is 23.9 Å². The summed E-state index contributed by atoms with van der Waals surface area (Å²) in [5.74, 6) is 0.443. The molecule has 1 heterocycles. The van der Waals surface area contributed by atoms with Crippen LogP contribution in [0.4, 0.5) is 5.69 Å². The second kappa shape index (κ2) is 11.2. The van der Waals surface area contributed by atoms with Crippen molar-refractivity contribution in [3.05, 3.63) is 73.1 Å². The van der Waals surface area contributed by atoms with Crippen molar-refractivity contribution in [2.45, 2.75) is 58.3 Å². The number of rotatable bonds is 6. The molecule has 0 fully saturated rings. The Balaban J connectivity index is 1.47. The number of amides is 1. The van der Waals surface area contributed by atoms with Crippen LogP contribution in [0, 0.1) is 17.4 Å². The monoisotopic (exact) mass is 640 g/mol. The molecule has 0 atom stereocenters. The molecule has 0 radical (unpaired) electrons. The van der Waals surface area contributed by atoms with Gasteiger partial charge >= 0.3 is 0 Å². The molecule has 39 heavy (non-hydrogen) atoms. The first-order valence-corrected chi connectivity index (χ1v) is 14.4. The van der Waals surface area contributed by atoms with Gasteiger partial charge in [0.2, 0.25) is 0 Å². The quantitative estimate of drug-likeness (QED) is 0.392. The van der Waals surface area contributed by atoms with Crippen LogP contribution >= 0.6 is 22.6 Å². The Morgan fingerprint density at radius 1 is 1.00 bits per heavy atom. The molecule has 0 bridgehead atoms. The number of benzene rings is 2. The third-order valence-corrected chi connectivity index (χ3v) is 8.65. The predicted octanol–water partition coefficient (Wildman–Crippen LogP) is 5.98. The van der Waals surface area contributed by atoms with E-state index in [-0.39, 0.29) is 24.1 Å². The molecular weight excluding hydrogens is 607 g/mol. The summed E-state index contributed by atoms with van der Waals surface area (Å²) in [6.45, 7) is 3.73. The molecule has 8 heteroatoms. The van der Waals surface area contributed by atoms with Crippen LogP contribution in [0.5, 0.6) is 11.5 Å². The van der Waals surface area contributed by atoms with Crippen molar-refractivity contribution in [3.8, 4) is 11.5 Å². The van der Waals surface area contributed by atoms with Gasteiger partial charge in [0.1, 0.15) is 0 Å². The highest BCUT2D eigenvalue weighted by Crippen LogP contribution is 2.50. The highest BCUT2D eigenvalue weighted by atomic mass is 127. The van der Waals surface area contributed by atoms with Gasteiger partial charge in [-0.2, -0.15) is 0 Å². The molecule has 7 nitrogen and oxygen atoms in total. The molecule has 1 N–H and O–H groups in total. The van der Waals surface area contributed by atoms with Gasteiger partial charge in [-0.3, -0.25) is 14.4 Å². The van der Waals surface area contributed by atoms with Crippen molar-refractivity contribution in [1.82, 2.24) is 4.90 Å². The van der Waals surface area contributed by atoms with Crippen LogP contribution in [0.3, 0.4) is 0 Å². The van der Waals surface area contributed by atoms with Gasteiger partial charge in [0.05, 0.1) is 10.7 Å². The molecule has 204 valence electrons. The summed E-state index contributed by atoms with van der Waals surface area (Å²) in [6, 6.07) is 9.71. The molecule has 0 saturated carbocycles. The molecule has 2 aromatic rings. The Hall–Kier alpha value is -3.14. The Bertz CT molecular complexity index is 1400.